The van der Waals surface area contributed by atoms with Gasteiger partial charge in [0.15, 0.2) is 0 Å². The second-order valence-corrected chi connectivity index (χ2v) is 6.78. The van der Waals surface area contributed by atoms with Gasteiger partial charge in [-0.15, -0.1) is 12.4 Å². The Labute approximate surface area is 150 Å². The number of aryl methyl sites for hydroxylation is 1. The topological polar surface area (TPSA) is 58.6 Å². The van der Waals surface area contributed by atoms with E-state index in [1.165, 1.54) is 29.5 Å². The first-order valence-electron chi connectivity index (χ1n) is 8.95. The highest BCUT2D eigenvalue weighted by molar-refractivity contribution is 5.85. The minimum atomic E-state index is -0.681. The monoisotopic (exact) mass is 353 g/mol. The lowest BCUT2D eigenvalue weighted by Gasteiger charge is -2.26. The molecule has 2 N–H and O–H groups in total. The molecule has 0 radical (unpaired) electrons. The number of rotatable bonds is 8. The lowest BCUT2D eigenvalue weighted by molar-refractivity contribution is -0.137. The van der Waals surface area contributed by atoms with E-state index in [-0.39, 0.29) is 12.4 Å². The maximum Gasteiger partial charge on any atom is 0.303 e. The quantitative estimate of drug-likeness (QED) is 0.702. The molecule has 4 nitrogen and oxygen atoms in total. The van der Waals surface area contributed by atoms with Gasteiger partial charge in [0.05, 0.1) is 6.61 Å². The number of fused-ring (bicyclic) bond motifs is 2. The number of benzene rings is 1. The van der Waals surface area contributed by atoms with Gasteiger partial charge in [-0.2, -0.15) is 0 Å². The molecule has 3 rings (SSSR count). The molecule has 1 aromatic carbocycles. The van der Waals surface area contributed by atoms with Gasteiger partial charge in [0.1, 0.15) is 5.75 Å². The highest BCUT2D eigenvalue weighted by Crippen LogP contribution is 2.32. The molecular weight excluding hydrogens is 326 g/mol. The Balaban J connectivity index is 0.00000208. The van der Waals surface area contributed by atoms with E-state index in [2.05, 4.69) is 17.4 Å². The molecule has 24 heavy (non-hydrogen) atoms. The standard InChI is InChI=1S/C19H27NO3.ClH/c21-19(22)5-3-1-2-4-9-20-17-7-6-14-11-15-8-10-23-18(15)13-16(14)12-17;/h11,13,17,20H,1-10,12H2,(H,21,22);1H. The Morgan fingerprint density at radius 2 is 1.96 bits per heavy atom. The van der Waals surface area contributed by atoms with Gasteiger partial charge in [-0.1, -0.05) is 18.9 Å². The summed E-state index contributed by atoms with van der Waals surface area (Å²) in [7, 11) is 0. The Bertz CT molecular complexity index is 562. The van der Waals surface area contributed by atoms with Crippen molar-refractivity contribution < 1.29 is 14.6 Å². The minimum absolute atomic E-state index is 0. The van der Waals surface area contributed by atoms with Crippen LogP contribution >= 0.6 is 12.4 Å². The van der Waals surface area contributed by atoms with Gasteiger partial charge < -0.3 is 15.2 Å². The van der Waals surface area contributed by atoms with E-state index < -0.39 is 5.97 Å². The third kappa shape index (κ3) is 5.12. The van der Waals surface area contributed by atoms with Crippen molar-refractivity contribution >= 4 is 18.4 Å². The maximum atomic E-state index is 10.4. The van der Waals surface area contributed by atoms with E-state index in [4.69, 9.17) is 9.84 Å². The zero-order chi connectivity index (χ0) is 16.1. The molecule has 1 aliphatic carbocycles. The predicted molar refractivity (Wildman–Crippen MR) is 97.4 cm³/mol. The van der Waals surface area contributed by atoms with Gasteiger partial charge in [-0.05, 0) is 61.4 Å². The summed E-state index contributed by atoms with van der Waals surface area (Å²) in [5.74, 6) is 0.419. The molecule has 1 unspecified atom stereocenters. The molecule has 0 fully saturated rings. The first-order valence-corrected chi connectivity index (χ1v) is 8.95. The Morgan fingerprint density at radius 1 is 1.12 bits per heavy atom. The summed E-state index contributed by atoms with van der Waals surface area (Å²) in [5, 5.41) is 12.3. The molecule has 2 aliphatic rings. The van der Waals surface area contributed by atoms with E-state index >= 15 is 0 Å². The van der Waals surface area contributed by atoms with Crippen LogP contribution < -0.4 is 10.1 Å². The summed E-state index contributed by atoms with van der Waals surface area (Å²) in [6, 6.07) is 5.19. The third-order valence-corrected chi connectivity index (χ3v) is 4.99. The normalized spacial score (nSPS) is 18.2. The van der Waals surface area contributed by atoms with Crippen molar-refractivity contribution in [3.8, 4) is 5.75 Å². The summed E-state index contributed by atoms with van der Waals surface area (Å²) in [4.78, 5) is 10.4. The fourth-order valence-electron chi connectivity index (χ4n) is 3.67. The summed E-state index contributed by atoms with van der Waals surface area (Å²) >= 11 is 0. The van der Waals surface area contributed by atoms with Crippen molar-refractivity contribution in [3.63, 3.8) is 0 Å². The van der Waals surface area contributed by atoms with Crippen LogP contribution in [0.2, 0.25) is 0 Å². The molecule has 0 aromatic heterocycles. The van der Waals surface area contributed by atoms with Crippen LogP contribution in [-0.4, -0.2) is 30.3 Å². The molecule has 1 heterocycles. The van der Waals surface area contributed by atoms with Crippen LogP contribution in [0.4, 0.5) is 0 Å². The predicted octanol–water partition coefficient (Wildman–Crippen LogP) is 3.53. The minimum Gasteiger partial charge on any atom is -0.493 e. The number of halogens is 1. The molecule has 0 saturated heterocycles. The fourth-order valence-corrected chi connectivity index (χ4v) is 3.67. The van der Waals surface area contributed by atoms with Gasteiger partial charge in [0.25, 0.3) is 0 Å². The van der Waals surface area contributed by atoms with Crippen LogP contribution in [0, 0.1) is 0 Å². The molecule has 5 heteroatoms. The smallest absolute Gasteiger partial charge is 0.303 e. The van der Waals surface area contributed by atoms with Crippen LogP contribution in [0.5, 0.6) is 5.75 Å². The molecule has 0 saturated carbocycles. The molecule has 1 aliphatic heterocycles. The number of carbonyl (C=O) groups is 1. The van der Waals surface area contributed by atoms with E-state index in [0.717, 1.165) is 57.4 Å². The SMILES string of the molecule is Cl.O=C(O)CCCCCCNC1CCc2cc3c(cc2C1)OCC3. The van der Waals surface area contributed by atoms with Crippen molar-refractivity contribution in [2.24, 2.45) is 0 Å². The zero-order valence-corrected chi connectivity index (χ0v) is 15.0. The first kappa shape index (κ1) is 19.1. The Kier molecular flexibility index (Phi) is 7.38. The number of aliphatic carboxylic acids is 1. The molecule has 1 atom stereocenters. The average molecular weight is 354 g/mol. The molecule has 0 amide bonds. The molecule has 134 valence electrons. The van der Waals surface area contributed by atoms with E-state index in [0.29, 0.717) is 12.5 Å². The Hall–Kier alpha value is -1.26. The number of hydrogen-bond acceptors (Lipinski definition) is 3. The van der Waals surface area contributed by atoms with Gasteiger partial charge in [0, 0.05) is 18.9 Å². The lowest BCUT2D eigenvalue weighted by Crippen LogP contribution is -2.35. The third-order valence-electron chi connectivity index (χ3n) is 4.99. The summed E-state index contributed by atoms with van der Waals surface area (Å²) in [6.07, 6.45) is 8.92. The maximum absolute atomic E-state index is 10.4. The van der Waals surface area contributed by atoms with Crippen LogP contribution in [0.3, 0.4) is 0 Å². The van der Waals surface area contributed by atoms with Gasteiger partial charge in [-0.25, -0.2) is 0 Å². The van der Waals surface area contributed by atoms with E-state index in [1.807, 2.05) is 0 Å². The van der Waals surface area contributed by atoms with E-state index in [1.54, 1.807) is 0 Å². The lowest BCUT2D eigenvalue weighted by atomic mass is 9.86. The van der Waals surface area contributed by atoms with Crippen molar-refractivity contribution in [2.45, 2.75) is 63.8 Å². The highest BCUT2D eigenvalue weighted by atomic mass is 35.5. The summed E-state index contributed by atoms with van der Waals surface area (Å²) in [6.45, 7) is 1.87. The number of carboxylic acids is 1. The second kappa shape index (κ2) is 9.28. The summed E-state index contributed by atoms with van der Waals surface area (Å²) in [5.41, 5.74) is 4.35. The van der Waals surface area contributed by atoms with Crippen LogP contribution in [-0.2, 0) is 24.1 Å². The molecular formula is C19H28ClNO3. The van der Waals surface area contributed by atoms with Crippen molar-refractivity contribution in [1.29, 1.82) is 0 Å². The number of nitrogens with one attached hydrogen (secondary N) is 1. The average Bonchev–Trinajstić information content (AvgIpc) is 2.98. The molecule has 0 spiro atoms. The van der Waals surface area contributed by atoms with Crippen molar-refractivity contribution in [3.05, 3.63) is 28.8 Å². The van der Waals surface area contributed by atoms with E-state index in [9.17, 15) is 4.79 Å². The van der Waals surface area contributed by atoms with Crippen LogP contribution in [0.15, 0.2) is 12.1 Å². The number of hydrogen-bond donors (Lipinski definition) is 2. The molecule has 0 bridgehead atoms. The second-order valence-electron chi connectivity index (χ2n) is 6.78. The Morgan fingerprint density at radius 3 is 2.79 bits per heavy atom. The van der Waals surface area contributed by atoms with Gasteiger partial charge >= 0.3 is 5.97 Å². The number of carboxylic acid groups (broad SMARTS) is 1. The molecule has 1 aromatic rings. The van der Waals surface area contributed by atoms with Crippen molar-refractivity contribution in [2.75, 3.05) is 13.2 Å². The zero-order valence-electron chi connectivity index (χ0n) is 14.2. The van der Waals surface area contributed by atoms with Crippen LogP contribution in [0.1, 0.15) is 55.2 Å². The van der Waals surface area contributed by atoms with Crippen LogP contribution in [0.25, 0.3) is 0 Å². The summed E-state index contributed by atoms with van der Waals surface area (Å²) < 4.78 is 5.69. The van der Waals surface area contributed by atoms with Crippen molar-refractivity contribution in [1.82, 2.24) is 5.32 Å². The van der Waals surface area contributed by atoms with Gasteiger partial charge in [-0.3, -0.25) is 4.79 Å². The number of ether oxygens (including phenoxy) is 1. The number of unbranched alkanes of at least 4 members (excludes halogenated alkanes) is 3. The fraction of sp³-hybridized carbons (Fsp3) is 0.632. The first-order chi connectivity index (χ1) is 11.2. The highest BCUT2D eigenvalue weighted by Gasteiger charge is 2.22. The largest absolute Gasteiger partial charge is 0.493 e. The van der Waals surface area contributed by atoms with Gasteiger partial charge in [0.2, 0.25) is 0 Å².